The Hall–Kier alpha value is -3.59. The van der Waals surface area contributed by atoms with Crippen molar-refractivity contribution in [3.05, 3.63) is 77.9 Å². The van der Waals surface area contributed by atoms with E-state index in [-0.39, 0.29) is 16.1 Å². The van der Waals surface area contributed by atoms with Gasteiger partial charge in [0.05, 0.1) is 23.3 Å². The molecule has 172 valence electrons. The highest BCUT2D eigenvalue weighted by atomic mass is 32.2. The Morgan fingerprint density at radius 2 is 2.00 bits per heavy atom. The summed E-state index contributed by atoms with van der Waals surface area (Å²) in [4.78, 5) is 16.2. The van der Waals surface area contributed by atoms with Gasteiger partial charge in [0.2, 0.25) is 0 Å². The van der Waals surface area contributed by atoms with Crippen LogP contribution in [0.4, 0.5) is 11.4 Å². The molecule has 2 aromatic carbocycles. The van der Waals surface area contributed by atoms with E-state index < -0.39 is 16.0 Å². The number of carboxylic acids is 1. The van der Waals surface area contributed by atoms with Gasteiger partial charge in [0.15, 0.2) is 0 Å². The van der Waals surface area contributed by atoms with E-state index >= 15 is 0 Å². The molecule has 4 rings (SSSR count). The largest absolute Gasteiger partial charge is 0.478 e. The van der Waals surface area contributed by atoms with Crippen molar-refractivity contribution >= 4 is 32.9 Å². The highest BCUT2D eigenvalue weighted by Gasteiger charge is 2.26. The van der Waals surface area contributed by atoms with E-state index in [1.54, 1.807) is 42.9 Å². The molecule has 3 N–H and O–H groups in total. The fraction of sp³-hybridized carbons (Fsp3) is 0.250. The van der Waals surface area contributed by atoms with Gasteiger partial charge in [-0.3, -0.25) is 4.72 Å². The molecule has 9 heteroatoms. The second-order valence-electron chi connectivity index (χ2n) is 7.94. The minimum absolute atomic E-state index is 0.0182. The van der Waals surface area contributed by atoms with Crippen molar-refractivity contribution in [1.82, 2.24) is 9.55 Å². The number of rotatable bonds is 9. The van der Waals surface area contributed by atoms with Gasteiger partial charge in [-0.15, -0.1) is 0 Å². The van der Waals surface area contributed by atoms with Crippen LogP contribution in [0.15, 0.2) is 66.1 Å². The van der Waals surface area contributed by atoms with E-state index in [1.807, 2.05) is 23.8 Å². The molecule has 0 radical (unpaired) electrons. The molecule has 0 amide bonds. The molecular weight excluding hydrogens is 440 g/mol. The number of para-hydroxylation sites is 1. The first-order valence-corrected chi connectivity index (χ1v) is 12.2. The second kappa shape index (κ2) is 9.50. The number of nitrogens with one attached hydrogen (secondary N) is 2. The number of imidazole rings is 1. The third-order valence-electron chi connectivity index (χ3n) is 5.65. The maximum absolute atomic E-state index is 13.3. The SMILES string of the molecule is CC1=CCCc2ccc(NS(=O)(=O)c3ccccc3NCCCn3ccnc3)c(C(=O)O)c21. The number of aryl methyl sites for hydroxylation is 2. The zero-order valence-electron chi connectivity index (χ0n) is 18.3. The van der Waals surface area contributed by atoms with Crippen LogP contribution in [-0.4, -0.2) is 35.6 Å². The number of hydrogen-bond acceptors (Lipinski definition) is 5. The molecule has 1 aliphatic rings. The molecule has 0 atom stereocenters. The Labute approximate surface area is 193 Å². The van der Waals surface area contributed by atoms with E-state index in [0.717, 1.165) is 36.9 Å². The standard InChI is InChI=1S/C24H26N4O4S/c1-17-6-4-7-18-10-11-20(23(22(17)18)24(29)30)27-33(31,32)21-9-3-2-8-19(21)26-12-5-14-28-15-13-25-16-28/h2-3,6,8-11,13,15-16,26-27H,4-5,7,12,14H2,1H3,(H,29,30). The van der Waals surface area contributed by atoms with E-state index in [0.29, 0.717) is 17.8 Å². The van der Waals surface area contributed by atoms with Crippen LogP contribution in [-0.2, 0) is 23.0 Å². The highest BCUT2D eigenvalue weighted by molar-refractivity contribution is 7.92. The fourth-order valence-electron chi connectivity index (χ4n) is 4.11. The second-order valence-corrected chi connectivity index (χ2v) is 9.59. The van der Waals surface area contributed by atoms with Gasteiger partial charge in [-0.05, 0) is 61.1 Å². The van der Waals surface area contributed by atoms with Crippen LogP contribution in [0.5, 0.6) is 0 Å². The molecule has 0 fully saturated rings. The van der Waals surface area contributed by atoms with Crippen LogP contribution >= 0.6 is 0 Å². The van der Waals surface area contributed by atoms with E-state index in [1.165, 1.54) is 6.07 Å². The van der Waals surface area contributed by atoms with Gasteiger partial charge in [0.1, 0.15) is 4.90 Å². The zero-order valence-corrected chi connectivity index (χ0v) is 19.1. The maximum Gasteiger partial charge on any atom is 0.338 e. The summed E-state index contributed by atoms with van der Waals surface area (Å²) < 4.78 is 31.1. The Morgan fingerprint density at radius 1 is 1.18 bits per heavy atom. The van der Waals surface area contributed by atoms with Crippen molar-refractivity contribution in [3.8, 4) is 0 Å². The molecule has 1 aliphatic carbocycles. The molecule has 0 bridgehead atoms. The normalized spacial score (nSPS) is 13.2. The molecule has 0 saturated heterocycles. The number of aromatic nitrogens is 2. The van der Waals surface area contributed by atoms with Gasteiger partial charge < -0.3 is 15.0 Å². The fourth-order valence-corrected chi connectivity index (χ4v) is 5.37. The number of aromatic carboxylic acids is 1. The lowest BCUT2D eigenvalue weighted by Crippen LogP contribution is -2.19. The first kappa shape index (κ1) is 22.6. The van der Waals surface area contributed by atoms with Crippen LogP contribution in [0.25, 0.3) is 5.57 Å². The summed E-state index contributed by atoms with van der Waals surface area (Å²) in [5, 5.41) is 13.1. The monoisotopic (exact) mass is 466 g/mol. The van der Waals surface area contributed by atoms with Crippen molar-refractivity contribution < 1.29 is 18.3 Å². The van der Waals surface area contributed by atoms with Gasteiger partial charge in [-0.25, -0.2) is 18.2 Å². The first-order valence-electron chi connectivity index (χ1n) is 10.7. The zero-order chi connectivity index (χ0) is 23.4. The molecule has 3 aromatic rings. The number of allylic oxidation sites excluding steroid dienone is 2. The molecule has 33 heavy (non-hydrogen) atoms. The third-order valence-corrected chi connectivity index (χ3v) is 7.08. The highest BCUT2D eigenvalue weighted by Crippen LogP contribution is 2.35. The Balaban J connectivity index is 1.58. The molecule has 0 unspecified atom stereocenters. The number of nitrogens with zero attached hydrogens (tertiary/aromatic N) is 2. The molecule has 1 aromatic heterocycles. The van der Waals surface area contributed by atoms with Crippen molar-refractivity contribution in [2.24, 2.45) is 0 Å². The molecular formula is C24H26N4O4S. The smallest absolute Gasteiger partial charge is 0.338 e. The van der Waals surface area contributed by atoms with E-state index in [4.69, 9.17) is 0 Å². The summed E-state index contributed by atoms with van der Waals surface area (Å²) in [5.74, 6) is -1.16. The van der Waals surface area contributed by atoms with Crippen molar-refractivity contribution in [2.45, 2.75) is 37.6 Å². The number of benzene rings is 2. The van der Waals surface area contributed by atoms with Gasteiger partial charge >= 0.3 is 5.97 Å². The maximum atomic E-state index is 13.3. The van der Waals surface area contributed by atoms with Crippen molar-refractivity contribution in [2.75, 3.05) is 16.6 Å². The van der Waals surface area contributed by atoms with Crippen molar-refractivity contribution in [3.63, 3.8) is 0 Å². The number of fused-ring (bicyclic) bond motifs is 1. The lowest BCUT2D eigenvalue weighted by molar-refractivity contribution is 0.0697. The summed E-state index contributed by atoms with van der Waals surface area (Å²) >= 11 is 0. The average Bonchev–Trinajstić information content (AvgIpc) is 3.30. The number of anilines is 2. The van der Waals surface area contributed by atoms with E-state index in [9.17, 15) is 18.3 Å². The average molecular weight is 467 g/mol. The van der Waals surface area contributed by atoms with Crippen LogP contribution in [0.2, 0.25) is 0 Å². The Bertz CT molecular complexity index is 1300. The number of hydrogen-bond donors (Lipinski definition) is 3. The van der Waals surface area contributed by atoms with Gasteiger partial charge in [0.25, 0.3) is 10.0 Å². The minimum atomic E-state index is -4.03. The quantitative estimate of drug-likeness (QED) is 0.407. The molecule has 8 nitrogen and oxygen atoms in total. The predicted octanol–water partition coefficient (Wildman–Crippen LogP) is 4.23. The lowest BCUT2D eigenvalue weighted by atomic mass is 9.87. The van der Waals surface area contributed by atoms with Crippen LogP contribution in [0.1, 0.15) is 41.3 Å². The predicted molar refractivity (Wildman–Crippen MR) is 128 cm³/mol. The summed E-state index contributed by atoms with van der Waals surface area (Å²) in [6.45, 7) is 3.17. The lowest BCUT2D eigenvalue weighted by Gasteiger charge is -2.21. The number of carbonyl (C=O) groups is 1. The van der Waals surface area contributed by atoms with Crippen LogP contribution in [0, 0.1) is 0 Å². The van der Waals surface area contributed by atoms with Gasteiger partial charge in [-0.2, -0.15) is 0 Å². The van der Waals surface area contributed by atoms with E-state index in [2.05, 4.69) is 15.0 Å². The molecule has 0 saturated carbocycles. The first-order chi connectivity index (χ1) is 15.9. The third kappa shape index (κ3) is 4.93. The topological polar surface area (TPSA) is 113 Å². The summed E-state index contributed by atoms with van der Waals surface area (Å²) in [6.07, 6.45) is 9.64. The number of sulfonamides is 1. The Morgan fingerprint density at radius 3 is 2.76 bits per heavy atom. The van der Waals surface area contributed by atoms with Gasteiger partial charge in [0, 0.05) is 25.5 Å². The summed E-state index contributed by atoms with van der Waals surface area (Å²) in [6, 6.07) is 9.94. The van der Waals surface area contributed by atoms with Crippen LogP contribution in [0.3, 0.4) is 0 Å². The molecule has 1 heterocycles. The van der Waals surface area contributed by atoms with Crippen molar-refractivity contribution in [1.29, 1.82) is 0 Å². The minimum Gasteiger partial charge on any atom is -0.478 e. The molecule has 0 aliphatic heterocycles. The number of carboxylic acid groups (broad SMARTS) is 1. The van der Waals surface area contributed by atoms with Crippen LogP contribution < -0.4 is 10.0 Å². The summed E-state index contributed by atoms with van der Waals surface area (Å²) in [5.41, 5.74) is 2.85. The van der Waals surface area contributed by atoms with Gasteiger partial charge in [-0.1, -0.05) is 24.3 Å². The Kier molecular flexibility index (Phi) is 6.50. The summed E-state index contributed by atoms with van der Waals surface area (Å²) in [7, 11) is -4.03. The molecule has 0 spiro atoms.